The van der Waals surface area contributed by atoms with Gasteiger partial charge in [0.1, 0.15) is 6.04 Å². The summed E-state index contributed by atoms with van der Waals surface area (Å²) in [5.41, 5.74) is 0.266. The summed E-state index contributed by atoms with van der Waals surface area (Å²) in [6.45, 7) is 3.41. The molecule has 0 spiro atoms. The van der Waals surface area contributed by atoms with Crippen LogP contribution in [-0.2, 0) is 19.1 Å². The lowest BCUT2D eigenvalue weighted by molar-refractivity contribution is -0.160. The summed E-state index contributed by atoms with van der Waals surface area (Å²) in [6.07, 6.45) is 0.0831. The molecule has 1 aromatic carbocycles. The second-order valence-corrected chi connectivity index (χ2v) is 8.75. The van der Waals surface area contributed by atoms with E-state index in [1.54, 1.807) is 34.9 Å². The second-order valence-electron chi connectivity index (χ2n) is 6.43. The van der Waals surface area contributed by atoms with Crippen molar-refractivity contribution in [2.75, 3.05) is 11.1 Å². The van der Waals surface area contributed by atoms with Gasteiger partial charge >= 0.3 is 5.97 Å². The summed E-state index contributed by atoms with van der Waals surface area (Å²) in [5, 5.41) is 3.15. The SMILES string of the molecule is C[C@@H](OC(=O)[C@H]1CS[C@@]2(C)CCC(=O)N12)C(=O)Nc1c(Cl)cccc1Cl. The minimum absolute atomic E-state index is 0.0561. The first-order valence-electron chi connectivity index (χ1n) is 8.14. The average Bonchev–Trinajstić information content (AvgIpc) is 3.07. The number of amides is 2. The Hall–Kier alpha value is -1.44. The van der Waals surface area contributed by atoms with Crippen LogP contribution >= 0.6 is 35.0 Å². The van der Waals surface area contributed by atoms with Crippen LogP contribution in [0.1, 0.15) is 26.7 Å². The Balaban J connectivity index is 1.64. The number of anilines is 1. The molecular formula is C17H18Cl2N2O4S. The topological polar surface area (TPSA) is 75.7 Å². The molecule has 26 heavy (non-hydrogen) atoms. The van der Waals surface area contributed by atoms with Gasteiger partial charge in [-0.2, -0.15) is 0 Å². The normalized spacial score (nSPS) is 25.8. The molecule has 2 aliphatic heterocycles. The molecule has 6 nitrogen and oxygen atoms in total. The van der Waals surface area contributed by atoms with Crippen LogP contribution in [-0.4, -0.2) is 45.5 Å². The molecule has 2 saturated heterocycles. The van der Waals surface area contributed by atoms with E-state index in [1.165, 1.54) is 6.92 Å². The smallest absolute Gasteiger partial charge is 0.330 e. The largest absolute Gasteiger partial charge is 0.451 e. The standard InChI is InChI=1S/C17H18Cl2N2O4S/c1-9(15(23)20-14-10(18)4-3-5-11(14)19)25-16(24)12-8-26-17(2)7-6-13(22)21(12)17/h3-5,9,12H,6-8H2,1-2H3,(H,20,23)/t9-,12-,17+/m1/s1. The zero-order valence-electron chi connectivity index (χ0n) is 14.3. The van der Waals surface area contributed by atoms with Gasteiger partial charge in [-0.1, -0.05) is 29.3 Å². The number of carbonyl (C=O) groups is 3. The molecule has 2 fully saturated rings. The highest BCUT2D eigenvalue weighted by atomic mass is 35.5. The van der Waals surface area contributed by atoms with Crippen LogP contribution in [0.25, 0.3) is 0 Å². The van der Waals surface area contributed by atoms with Crippen molar-refractivity contribution in [2.45, 2.75) is 43.7 Å². The monoisotopic (exact) mass is 416 g/mol. The van der Waals surface area contributed by atoms with Crippen LogP contribution < -0.4 is 5.32 Å². The fourth-order valence-electron chi connectivity index (χ4n) is 3.14. The zero-order chi connectivity index (χ0) is 19.1. The molecular weight excluding hydrogens is 399 g/mol. The van der Waals surface area contributed by atoms with E-state index in [0.29, 0.717) is 18.6 Å². The van der Waals surface area contributed by atoms with E-state index in [0.717, 1.165) is 0 Å². The van der Waals surface area contributed by atoms with Gasteiger partial charge in [0, 0.05) is 12.2 Å². The van der Waals surface area contributed by atoms with Gasteiger partial charge < -0.3 is 15.0 Å². The van der Waals surface area contributed by atoms with E-state index < -0.39 is 24.0 Å². The molecule has 0 aromatic heterocycles. The molecule has 0 radical (unpaired) electrons. The Morgan fingerprint density at radius 3 is 2.69 bits per heavy atom. The molecule has 1 aromatic rings. The van der Waals surface area contributed by atoms with Crippen LogP contribution in [0.4, 0.5) is 5.69 Å². The number of nitrogens with one attached hydrogen (secondary N) is 1. The quantitative estimate of drug-likeness (QED) is 0.761. The van der Waals surface area contributed by atoms with Gasteiger partial charge in [-0.15, -0.1) is 11.8 Å². The van der Waals surface area contributed by atoms with Crippen molar-refractivity contribution in [3.63, 3.8) is 0 Å². The molecule has 2 aliphatic rings. The Kier molecular flexibility index (Phi) is 5.42. The molecule has 0 saturated carbocycles. The minimum Gasteiger partial charge on any atom is -0.451 e. The zero-order valence-corrected chi connectivity index (χ0v) is 16.6. The minimum atomic E-state index is -1.05. The van der Waals surface area contributed by atoms with E-state index in [4.69, 9.17) is 27.9 Å². The predicted molar refractivity (Wildman–Crippen MR) is 101 cm³/mol. The summed E-state index contributed by atoms with van der Waals surface area (Å²) in [5.74, 6) is -0.718. The molecule has 2 heterocycles. The van der Waals surface area contributed by atoms with Crippen LogP contribution in [0.15, 0.2) is 18.2 Å². The number of benzene rings is 1. The summed E-state index contributed by atoms with van der Waals surface area (Å²) >= 11 is 13.6. The third-order valence-corrected chi connectivity index (χ3v) is 6.73. The van der Waals surface area contributed by atoms with Gasteiger partial charge in [0.15, 0.2) is 6.10 Å². The molecule has 9 heteroatoms. The van der Waals surface area contributed by atoms with E-state index in [-0.39, 0.29) is 26.5 Å². The Morgan fingerprint density at radius 2 is 2.04 bits per heavy atom. The van der Waals surface area contributed by atoms with Crippen molar-refractivity contribution >= 4 is 58.4 Å². The van der Waals surface area contributed by atoms with Gasteiger partial charge in [-0.3, -0.25) is 9.59 Å². The van der Waals surface area contributed by atoms with Crippen molar-refractivity contribution < 1.29 is 19.1 Å². The summed E-state index contributed by atoms with van der Waals surface area (Å²) in [6, 6.07) is 4.18. The number of carbonyl (C=O) groups excluding carboxylic acids is 3. The summed E-state index contributed by atoms with van der Waals surface area (Å²) in [4.78, 5) is 38.2. The molecule has 140 valence electrons. The molecule has 3 atom stereocenters. The van der Waals surface area contributed by atoms with Gasteiger partial charge in [0.05, 0.1) is 20.6 Å². The van der Waals surface area contributed by atoms with E-state index in [9.17, 15) is 14.4 Å². The van der Waals surface area contributed by atoms with Crippen LogP contribution in [0, 0.1) is 0 Å². The summed E-state index contributed by atoms with van der Waals surface area (Å²) < 4.78 is 5.31. The maximum absolute atomic E-state index is 12.5. The molecule has 2 amide bonds. The first-order chi connectivity index (χ1) is 12.2. The second kappa shape index (κ2) is 7.29. The van der Waals surface area contributed by atoms with Crippen molar-refractivity contribution in [3.05, 3.63) is 28.2 Å². The van der Waals surface area contributed by atoms with Gasteiger partial charge in [0.2, 0.25) is 5.91 Å². The van der Waals surface area contributed by atoms with Gasteiger partial charge in [-0.05, 0) is 32.4 Å². The lowest BCUT2D eigenvalue weighted by atomic mass is 10.2. The third-order valence-electron chi connectivity index (χ3n) is 4.59. The van der Waals surface area contributed by atoms with E-state index >= 15 is 0 Å². The number of thioether (sulfide) groups is 1. The van der Waals surface area contributed by atoms with E-state index in [1.807, 2.05) is 6.92 Å². The van der Waals surface area contributed by atoms with Crippen molar-refractivity contribution in [2.24, 2.45) is 0 Å². The molecule has 0 aliphatic carbocycles. The van der Waals surface area contributed by atoms with Gasteiger partial charge in [-0.25, -0.2) is 4.79 Å². The lowest BCUT2D eigenvalue weighted by Crippen LogP contribution is -2.48. The fourth-order valence-corrected chi connectivity index (χ4v) is 5.05. The number of esters is 1. The van der Waals surface area contributed by atoms with Gasteiger partial charge in [0.25, 0.3) is 5.91 Å². The highest BCUT2D eigenvalue weighted by Gasteiger charge is 2.53. The fraction of sp³-hybridized carbons (Fsp3) is 0.471. The predicted octanol–water partition coefficient (Wildman–Crippen LogP) is 3.32. The number of hydrogen-bond donors (Lipinski definition) is 1. The highest BCUT2D eigenvalue weighted by Crippen LogP contribution is 2.47. The number of para-hydroxylation sites is 1. The maximum Gasteiger partial charge on any atom is 0.330 e. The first-order valence-corrected chi connectivity index (χ1v) is 9.88. The Labute approximate surface area is 165 Å². The number of hydrogen-bond acceptors (Lipinski definition) is 5. The van der Waals surface area contributed by atoms with Crippen molar-refractivity contribution in [1.29, 1.82) is 0 Å². The number of nitrogens with zero attached hydrogens (tertiary/aromatic N) is 1. The molecule has 1 N–H and O–H groups in total. The lowest BCUT2D eigenvalue weighted by Gasteiger charge is -2.29. The van der Waals surface area contributed by atoms with Crippen molar-refractivity contribution in [1.82, 2.24) is 4.90 Å². The van der Waals surface area contributed by atoms with E-state index in [2.05, 4.69) is 5.32 Å². The number of halogens is 2. The molecule has 3 rings (SSSR count). The molecule has 0 bridgehead atoms. The molecule has 0 unspecified atom stereocenters. The number of ether oxygens (including phenoxy) is 1. The van der Waals surface area contributed by atoms with Crippen LogP contribution in [0.3, 0.4) is 0 Å². The Bertz CT molecular complexity index is 755. The third kappa shape index (κ3) is 3.52. The van der Waals surface area contributed by atoms with Crippen LogP contribution in [0.5, 0.6) is 0 Å². The van der Waals surface area contributed by atoms with Crippen LogP contribution in [0.2, 0.25) is 10.0 Å². The number of rotatable bonds is 4. The average molecular weight is 417 g/mol. The maximum atomic E-state index is 12.5. The van der Waals surface area contributed by atoms with Crippen molar-refractivity contribution in [3.8, 4) is 0 Å². The summed E-state index contributed by atoms with van der Waals surface area (Å²) in [7, 11) is 0. The highest BCUT2D eigenvalue weighted by molar-refractivity contribution is 8.01. The number of fused-ring (bicyclic) bond motifs is 1. The Morgan fingerprint density at radius 1 is 1.38 bits per heavy atom. The first kappa shape index (κ1) is 19.3.